The van der Waals surface area contributed by atoms with Gasteiger partial charge in [0.1, 0.15) is 5.82 Å². The predicted octanol–water partition coefficient (Wildman–Crippen LogP) is 3.92. The molecule has 0 fully saturated rings. The third kappa shape index (κ3) is 3.46. The molecule has 0 saturated heterocycles. The number of hydrogen-bond acceptors (Lipinski definition) is 4. The molecular weight excluding hydrogens is 317 g/mol. The van der Waals surface area contributed by atoms with Gasteiger partial charge in [0.15, 0.2) is 0 Å². The van der Waals surface area contributed by atoms with Crippen LogP contribution >= 0.6 is 0 Å². The summed E-state index contributed by atoms with van der Waals surface area (Å²) in [5.74, 6) is 1.10. The fraction of sp³-hybridized carbons (Fsp3) is 0.300. The lowest BCUT2D eigenvalue weighted by Crippen LogP contribution is -2.33. The highest BCUT2D eigenvalue weighted by Gasteiger charge is 2.25. The Bertz CT molecular complexity index is 862. The van der Waals surface area contributed by atoms with E-state index in [1.54, 1.807) is 6.07 Å². The molecule has 25 heavy (non-hydrogen) atoms. The first kappa shape index (κ1) is 16.0. The van der Waals surface area contributed by atoms with Gasteiger partial charge in [-0.05, 0) is 42.2 Å². The van der Waals surface area contributed by atoms with Crippen molar-refractivity contribution in [3.05, 3.63) is 82.8 Å². The average molecular weight is 337 g/mol. The molecule has 1 aliphatic rings. The standard InChI is InChI=1S/C20H20FN3O/c1-14-18-8-7-17(21)12-16(18)9-10-24(14)13-20-23-22-19(25-20)11-15-5-3-2-4-6-15/h2-8,12,14H,9-11,13H2,1H3. The zero-order valence-corrected chi connectivity index (χ0v) is 14.2. The van der Waals surface area contributed by atoms with Crippen LogP contribution in [0.25, 0.3) is 0 Å². The van der Waals surface area contributed by atoms with E-state index in [-0.39, 0.29) is 11.9 Å². The number of fused-ring (bicyclic) bond motifs is 1. The van der Waals surface area contributed by atoms with E-state index < -0.39 is 0 Å². The molecule has 0 amide bonds. The largest absolute Gasteiger partial charge is 0.424 e. The van der Waals surface area contributed by atoms with Crippen molar-refractivity contribution in [2.45, 2.75) is 32.4 Å². The van der Waals surface area contributed by atoms with Crippen molar-refractivity contribution in [1.82, 2.24) is 15.1 Å². The van der Waals surface area contributed by atoms with Gasteiger partial charge in [0.25, 0.3) is 0 Å². The van der Waals surface area contributed by atoms with Crippen LogP contribution in [0.2, 0.25) is 0 Å². The topological polar surface area (TPSA) is 42.2 Å². The quantitative estimate of drug-likeness (QED) is 0.724. The highest BCUT2D eigenvalue weighted by Crippen LogP contribution is 2.30. The van der Waals surface area contributed by atoms with E-state index >= 15 is 0 Å². The van der Waals surface area contributed by atoms with Crippen molar-refractivity contribution >= 4 is 0 Å². The maximum atomic E-state index is 13.4. The fourth-order valence-corrected chi connectivity index (χ4v) is 3.44. The first-order valence-corrected chi connectivity index (χ1v) is 8.56. The van der Waals surface area contributed by atoms with E-state index in [0.717, 1.165) is 24.1 Å². The van der Waals surface area contributed by atoms with E-state index in [0.29, 0.717) is 24.7 Å². The average Bonchev–Trinajstić information content (AvgIpc) is 3.05. The molecule has 0 aliphatic carbocycles. The van der Waals surface area contributed by atoms with Crippen molar-refractivity contribution in [2.24, 2.45) is 0 Å². The van der Waals surface area contributed by atoms with E-state index in [9.17, 15) is 4.39 Å². The van der Waals surface area contributed by atoms with E-state index in [4.69, 9.17) is 4.42 Å². The Morgan fingerprint density at radius 1 is 1.12 bits per heavy atom. The van der Waals surface area contributed by atoms with Crippen LogP contribution in [0.1, 0.15) is 41.4 Å². The van der Waals surface area contributed by atoms with Crippen molar-refractivity contribution in [2.75, 3.05) is 6.54 Å². The Morgan fingerprint density at radius 3 is 2.76 bits per heavy atom. The minimum atomic E-state index is -0.165. The summed E-state index contributed by atoms with van der Waals surface area (Å²) in [5, 5.41) is 8.36. The molecule has 2 aromatic carbocycles. The summed E-state index contributed by atoms with van der Waals surface area (Å²) >= 11 is 0. The highest BCUT2D eigenvalue weighted by atomic mass is 19.1. The van der Waals surface area contributed by atoms with Crippen LogP contribution in [-0.2, 0) is 19.4 Å². The second kappa shape index (κ2) is 6.76. The van der Waals surface area contributed by atoms with Crippen molar-refractivity contribution in [1.29, 1.82) is 0 Å². The molecule has 0 bridgehead atoms. The van der Waals surface area contributed by atoms with Gasteiger partial charge in [0, 0.05) is 12.6 Å². The number of nitrogens with zero attached hydrogens (tertiary/aromatic N) is 3. The number of halogens is 1. The van der Waals surface area contributed by atoms with Crippen molar-refractivity contribution in [3.8, 4) is 0 Å². The third-order valence-electron chi connectivity index (χ3n) is 4.82. The highest BCUT2D eigenvalue weighted by molar-refractivity contribution is 5.32. The van der Waals surface area contributed by atoms with Crippen molar-refractivity contribution < 1.29 is 8.81 Å². The van der Waals surface area contributed by atoms with Crippen molar-refractivity contribution in [3.63, 3.8) is 0 Å². The summed E-state index contributed by atoms with van der Waals surface area (Å²) in [6, 6.07) is 15.4. The minimum Gasteiger partial charge on any atom is -0.424 e. The molecule has 5 heteroatoms. The van der Waals surface area contributed by atoms with Gasteiger partial charge in [0.2, 0.25) is 11.8 Å². The first-order chi connectivity index (χ1) is 12.2. The van der Waals surface area contributed by atoms with Crippen LogP contribution < -0.4 is 0 Å². The molecule has 3 aromatic rings. The summed E-state index contributed by atoms with van der Waals surface area (Å²) in [6.07, 6.45) is 1.48. The van der Waals surface area contributed by atoms with Crippen LogP contribution in [-0.4, -0.2) is 21.6 Å². The van der Waals surface area contributed by atoms with Crippen LogP contribution in [0.4, 0.5) is 4.39 Å². The Morgan fingerprint density at radius 2 is 1.92 bits per heavy atom. The third-order valence-corrected chi connectivity index (χ3v) is 4.82. The van der Waals surface area contributed by atoms with Crippen LogP contribution in [0, 0.1) is 5.82 Å². The van der Waals surface area contributed by atoms with Gasteiger partial charge >= 0.3 is 0 Å². The molecule has 0 saturated carbocycles. The molecule has 1 atom stereocenters. The summed E-state index contributed by atoms with van der Waals surface area (Å²) in [4.78, 5) is 2.29. The minimum absolute atomic E-state index is 0.165. The second-order valence-corrected chi connectivity index (χ2v) is 6.49. The number of rotatable bonds is 4. The summed E-state index contributed by atoms with van der Waals surface area (Å²) in [5.41, 5.74) is 3.43. The molecule has 0 spiro atoms. The van der Waals surface area contributed by atoms with Crippen LogP contribution in [0.3, 0.4) is 0 Å². The first-order valence-electron chi connectivity index (χ1n) is 8.56. The van der Waals surface area contributed by atoms with E-state index in [1.165, 1.54) is 11.6 Å². The van der Waals surface area contributed by atoms with Gasteiger partial charge in [-0.1, -0.05) is 36.4 Å². The number of aromatic nitrogens is 2. The molecule has 0 N–H and O–H groups in total. The molecule has 1 unspecified atom stereocenters. The van der Waals surface area contributed by atoms with Gasteiger partial charge in [0.05, 0.1) is 13.0 Å². The second-order valence-electron chi connectivity index (χ2n) is 6.49. The maximum Gasteiger partial charge on any atom is 0.230 e. The zero-order valence-electron chi connectivity index (χ0n) is 14.2. The van der Waals surface area contributed by atoms with Gasteiger partial charge in [-0.15, -0.1) is 10.2 Å². The Balaban J connectivity index is 1.45. The molecule has 2 heterocycles. The SMILES string of the molecule is CC1c2ccc(F)cc2CCN1Cc1nnc(Cc2ccccc2)o1. The van der Waals surface area contributed by atoms with Crippen LogP contribution in [0.5, 0.6) is 0 Å². The lowest BCUT2D eigenvalue weighted by atomic mass is 9.93. The zero-order chi connectivity index (χ0) is 17.2. The molecule has 1 aliphatic heterocycles. The summed E-state index contributed by atoms with van der Waals surface area (Å²) < 4.78 is 19.2. The van der Waals surface area contributed by atoms with Gasteiger partial charge < -0.3 is 4.42 Å². The lowest BCUT2D eigenvalue weighted by molar-refractivity contribution is 0.170. The van der Waals surface area contributed by atoms with Gasteiger partial charge in [-0.3, -0.25) is 4.90 Å². The van der Waals surface area contributed by atoms with Gasteiger partial charge in [-0.25, -0.2) is 4.39 Å². The predicted molar refractivity (Wildman–Crippen MR) is 92.5 cm³/mol. The Labute approximate surface area is 146 Å². The maximum absolute atomic E-state index is 13.4. The monoisotopic (exact) mass is 337 g/mol. The molecule has 4 rings (SSSR count). The van der Waals surface area contributed by atoms with E-state index in [2.05, 4.69) is 22.0 Å². The normalized spacial score (nSPS) is 17.4. The molecule has 4 nitrogen and oxygen atoms in total. The van der Waals surface area contributed by atoms with E-state index in [1.807, 2.05) is 36.4 Å². The van der Waals surface area contributed by atoms with Crippen LogP contribution in [0.15, 0.2) is 52.9 Å². The molecule has 128 valence electrons. The number of hydrogen-bond donors (Lipinski definition) is 0. The molecule has 0 radical (unpaired) electrons. The lowest BCUT2D eigenvalue weighted by Gasteiger charge is -2.34. The Kier molecular flexibility index (Phi) is 4.32. The number of benzene rings is 2. The smallest absolute Gasteiger partial charge is 0.230 e. The summed E-state index contributed by atoms with van der Waals surface area (Å²) in [6.45, 7) is 3.60. The molecule has 1 aromatic heterocycles. The summed E-state index contributed by atoms with van der Waals surface area (Å²) in [7, 11) is 0. The van der Waals surface area contributed by atoms with Gasteiger partial charge in [-0.2, -0.15) is 0 Å². The fourth-order valence-electron chi connectivity index (χ4n) is 3.44. The Hall–Kier alpha value is -2.53. The molecular formula is C20H20FN3O.